The van der Waals surface area contributed by atoms with Gasteiger partial charge in [0.2, 0.25) is 5.91 Å². The van der Waals surface area contributed by atoms with E-state index in [9.17, 15) is 9.59 Å². The molecule has 0 radical (unpaired) electrons. The van der Waals surface area contributed by atoms with Gasteiger partial charge in [-0.2, -0.15) is 0 Å². The smallest absolute Gasteiger partial charge is 0.276 e. The van der Waals surface area contributed by atoms with Gasteiger partial charge in [0, 0.05) is 51.0 Å². The van der Waals surface area contributed by atoms with E-state index in [0.29, 0.717) is 43.5 Å². The summed E-state index contributed by atoms with van der Waals surface area (Å²) in [5, 5.41) is 7.18. The normalized spacial score (nSPS) is 20.9. The van der Waals surface area contributed by atoms with Crippen molar-refractivity contribution < 1.29 is 14.1 Å². The molecular weight excluding hydrogens is 384 g/mol. The van der Waals surface area contributed by atoms with E-state index in [0.717, 1.165) is 48.5 Å². The van der Waals surface area contributed by atoms with Gasteiger partial charge in [0.25, 0.3) is 5.91 Å². The number of nitrogens with one attached hydrogen (secondary N) is 1. The highest BCUT2D eigenvalue weighted by Gasteiger charge is 2.36. The second-order valence-electron chi connectivity index (χ2n) is 8.34. The summed E-state index contributed by atoms with van der Waals surface area (Å²) < 4.78 is 5.38. The van der Waals surface area contributed by atoms with Crippen LogP contribution in [-0.4, -0.2) is 56.9 Å². The molecule has 158 valence electrons. The number of carbonyl (C=O) groups is 2. The highest BCUT2D eigenvalue weighted by Crippen LogP contribution is 2.40. The van der Waals surface area contributed by atoms with E-state index < -0.39 is 0 Å². The highest BCUT2D eigenvalue weighted by atomic mass is 16.5. The molecule has 2 aromatic heterocycles. The first kappa shape index (κ1) is 19.0. The number of hydrogen-bond donors (Lipinski definition) is 1. The van der Waals surface area contributed by atoms with E-state index in [4.69, 9.17) is 14.5 Å². The summed E-state index contributed by atoms with van der Waals surface area (Å²) in [6.45, 7) is 3.40. The van der Waals surface area contributed by atoms with Crippen LogP contribution in [0.3, 0.4) is 0 Å². The molecule has 5 rings (SSSR count). The van der Waals surface area contributed by atoms with Crippen molar-refractivity contribution in [2.75, 3.05) is 25.5 Å². The first-order valence-electron chi connectivity index (χ1n) is 10.7. The minimum Gasteiger partial charge on any atom is -0.373 e. The lowest BCUT2D eigenvalue weighted by atomic mass is 10.0. The number of hydrogen-bond acceptors (Lipinski definition) is 7. The molecule has 1 saturated carbocycles. The van der Waals surface area contributed by atoms with Crippen molar-refractivity contribution in [1.29, 1.82) is 0 Å². The Morgan fingerprint density at radius 2 is 2.03 bits per heavy atom. The fourth-order valence-corrected chi connectivity index (χ4v) is 4.43. The minimum atomic E-state index is -0.179. The molecule has 2 aromatic rings. The van der Waals surface area contributed by atoms with Crippen LogP contribution in [0.2, 0.25) is 0 Å². The molecule has 1 N–H and O–H groups in total. The number of rotatable bonds is 4. The number of likely N-dealkylation sites (tertiary alicyclic amines) is 1. The third-order valence-corrected chi connectivity index (χ3v) is 6.30. The molecule has 30 heavy (non-hydrogen) atoms. The van der Waals surface area contributed by atoms with Crippen molar-refractivity contribution in [3.63, 3.8) is 0 Å². The van der Waals surface area contributed by atoms with Crippen LogP contribution in [0.25, 0.3) is 0 Å². The molecule has 1 saturated heterocycles. The topological polar surface area (TPSA) is 104 Å². The molecule has 3 aliphatic rings. The summed E-state index contributed by atoms with van der Waals surface area (Å²) >= 11 is 0. The van der Waals surface area contributed by atoms with E-state index in [1.807, 2.05) is 11.9 Å². The molecule has 9 heteroatoms. The van der Waals surface area contributed by atoms with E-state index >= 15 is 0 Å². The minimum absolute atomic E-state index is 0.0533. The van der Waals surface area contributed by atoms with Crippen molar-refractivity contribution in [3.8, 4) is 0 Å². The number of nitrogens with zero attached hydrogens (tertiary/aromatic N) is 5. The molecule has 0 unspecified atom stereocenters. The van der Waals surface area contributed by atoms with E-state index in [1.54, 1.807) is 17.9 Å². The lowest BCUT2D eigenvalue weighted by Crippen LogP contribution is -2.36. The number of aromatic nitrogens is 3. The zero-order valence-electron chi connectivity index (χ0n) is 17.3. The SMILES string of the molecule is CNc1nc([C@H]2CCCN2C(=O)c2cc(C3CC3)on2)nc2c1CN(C(C)=O)CC2. The number of amides is 2. The van der Waals surface area contributed by atoms with Gasteiger partial charge in [-0.05, 0) is 25.7 Å². The Morgan fingerprint density at radius 3 is 2.77 bits per heavy atom. The zero-order valence-corrected chi connectivity index (χ0v) is 17.3. The fourth-order valence-electron chi connectivity index (χ4n) is 4.43. The van der Waals surface area contributed by atoms with Gasteiger partial charge in [-0.15, -0.1) is 0 Å². The van der Waals surface area contributed by atoms with Crippen LogP contribution < -0.4 is 5.32 Å². The second-order valence-corrected chi connectivity index (χ2v) is 8.34. The van der Waals surface area contributed by atoms with Gasteiger partial charge >= 0.3 is 0 Å². The van der Waals surface area contributed by atoms with Crippen LogP contribution in [-0.2, 0) is 17.8 Å². The van der Waals surface area contributed by atoms with Crippen LogP contribution in [0.5, 0.6) is 0 Å². The monoisotopic (exact) mass is 410 g/mol. The largest absolute Gasteiger partial charge is 0.373 e. The van der Waals surface area contributed by atoms with Crippen molar-refractivity contribution in [2.24, 2.45) is 0 Å². The molecule has 0 aromatic carbocycles. The molecule has 2 aliphatic heterocycles. The second kappa shape index (κ2) is 7.37. The van der Waals surface area contributed by atoms with Crippen molar-refractivity contribution in [3.05, 3.63) is 34.6 Å². The quantitative estimate of drug-likeness (QED) is 0.824. The van der Waals surface area contributed by atoms with Crippen LogP contribution in [0, 0.1) is 0 Å². The van der Waals surface area contributed by atoms with Gasteiger partial charge in [-0.1, -0.05) is 5.16 Å². The molecule has 1 aliphatic carbocycles. The standard InChI is InChI=1S/C21H26N6O3/c1-12(28)26-9-7-15-14(11-26)19(22-2)24-20(23-15)17-4-3-8-27(17)21(29)16-10-18(30-25-16)13-5-6-13/h10,13,17H,3-9,11H2,1-2H3,(H,22,23,24)/t17-/m1/s1. The summed E-state index contributed by atoms with van der Waals surface area (Å²) in [5.41, 5.74) is 2.29. The van der Waals surface area contributed by atoms with Gasteiger partial charge in [0.1, 0.15) is 11.6 Å². The lowest BCUT2D eigenvalue weighted by Gasteiger charge is -2.30. The highest BCUT2D eigenvalue weighted by molar-refractivity contribution is 5.92. The van der Waals surface area contributed by atoms with Crippen LogP contribution in [0.4, 0.5) is 5.82 Å². The fraction of sp³-hybridized carbons (Fsp3) is 0.571. The van der Waals surface area contributed by atoms with Gasteiger partial charge in [0.05, 0.1) is 18.3 Å². The maximum absolute atomic E-state index is 13.1. The summed E-state index contributed by atoms with van der Waals surface area (Å²) in [6, 6.07) is 1.61. The summed E-state index contributed by atoms with van der Waals surface area (Å²) in [5.74, 6) is 2.56. The Morgan fingerprint density at radius 1 is 1.20 bits per heavy atom. The van der Waals surface area contributed by atoms with Crippen LogP contribution >= 0.6 is 0 Å². The Labute approximate surface area is 174 Å². The van der Waals surface area contributed by atoms with Gasteiger partial charge in [-0.3, -0.25) is 9.59 Å². The van der Waals surface area contributed by atoms with Crippen LogP contribution in [0.1, 0.15) is 77.9 Å². The maximum atomic E-state index is 13.1. The Hall–Kier alpha value is -2.97. The summed E-state index contributed by atoms with van der Waals surface area (Å²) in [6.07, 6.45) is 4.61. The number of carbonyl (C=O) groups excluding carboxylic acids is 2. The van der Waals surface area contributed by atoms with Gasteiger partial charge in [0.15, 0.2) is 11.5 Å². The number of fused-ring (bicyclic) bond motifs is 1. The van der Waals surface area contributed by atoms with E-state index in [1.165, 1.54) is 0 Å². The van der Waals surface area contributed by atoms with E-state index in [-0.39, 0.29) is 17.9 Å². The van der Waals surface area contributed by atoms with Crippen LogP contribution in [0.15, 0.2) is 10.6 Å². The third kappa shape index (κ3) is 3.32. The lowest BCUT2D eigenvalue weighted by molar-refractivity contribution is -0.129. The Kier molecular flexibility index (Phi) is 4.67. The molecule has 0 bridgehead atoms. The van der Waals surface area contributed by atoms with Crippen molar-refractivity contribution in [2.45, 2.75) is 57.5 Å². The maximum Gasteiger partial charge on any atom is 0.276 e. The first-order chi connectivity index (χ1) is 14.5. The van der Waals surface area contributed by atoms with Gasteiger partial charge < -0.3 is 19.6 Å². The van der Waals surface area contributed by atoms with Gasteiger partial charge in [-0.25, -0.2) is 9.97 Å². The Bertz CT molecular complexity index is 981. The predicted octanol–water partition coefficient (Wildman–Crippen LogP) is 2.27. The average Bonchev–Trinajstić information content (AvgIpc) is 3.28. The van der Waals surface area contributed by atoms with Crippen molar-refractivity contribution in [1.82, 2.24) is 24.9 Å². The third-order valence-electron chi connectivity index (χ3n) is 6.30. The molecular formula is C21H26N6O3. The molecule has 9 nitrogen and oxygen atoms in total. The van der Waals surface area contributed by atoms with E-state index in [2.05, 4.69) is 10.5 Å². The first-order valence-corrected chi connectivity index (χ1v) is 10.7. The number of anilines is 1. The molecule has 0 spiro atoms. The summed E-state index contributed by atoms with van der Waals surface area (Å²) in [4.78, 5) is 38.1. The van der Waals surface area contributed by atoms with Crippen molar-refractivity contribution >= 4 is 17.6 Å². The zero-order chi connectivity index (χ0) is 20.8. The average molecular weight is 410 g/mol. The molecule has 1 atom stereocenters. The predicted molar refractivity (Wildman–Crippen MR) is 108 cm³/mol. The summed E-state index contributed by atoms with van der Waals surface area (Å²) in [7, 11) is 1.82. The Balaban J connectivity index is 1.42. The molecule has 2 fully saturated rings. The molecule has 2 amide bonds. The molecule has 4 heterocycles.